The number of rotatable bonds is 4. The van der Waals surface area contributed by atoms with Gasteiger partial charge in [0.15, 0.2) is 5.13 Å². The van der Waals surface area contributed by atoms with Crippen LogP contribution in [0.2, 0.25) is 0 Å². The van der Waals surface area contributed by atoms with Crippen LogP contribution in [0.4, 0.5) is 9.52 Å². The second kappa shape index (κ2) is 6.45. The Hall–Kier alpha value is -2.28. The van der Waals surface area contributed by atoms with Crippen molar-refractivity contribution < 1.29 is 14.0 Å². The Kier molecular flexibility index (Phi) is 4.64. The number of anilines is 1. The van der Waals surface area contributed by atoms with Gasteiger partial charge in [0.05, 0.1) is 6.04 Å². The Morgan fingerprint density at radius 2 is 1.95 bits per heavy atom. The molecular formula is C14H14FN3O2S. The number of hydrogen-bond acceptors (Lipinski definition) is 4. The van der Waals surface area contributed by atoms with Crippen LogP contribution in [-0.2, 0) is 4.79 Å². The number of carbonyl (C=O) groups excluding carboxylic acids is 2. The van der Waals surface area contributed by atoms with E-state index in [9.17, 15) is 14.0 Å². The zero-order chi connectivity index (χ0) is 15.4. The van der Waals surface area contributed by atoms with Gasteiger partial charge in [-0.05, 0) is 24.6 Å². The first-order valence-corrected chi connectivity index (χ1v) is 7.13. The molecule has 5 nitrogen and oxygen atoms in total. The Morgan fingerprint density at radius 3 is 2.57 bits per heavy atom. The van der Waals surface area contributed by atoms with E-state index in [1.807, 2.05) is 0 Å². The fraction of sp³-hybridized carbons (Fsp3) is 0.214. The molecule has 0 fully saturated rings. The third-order valence-electron chi connectivity index (χ3n) is 2.74. The minimum Gasteiger partial charge on any atom is -0.344 e. The summed E-state index contributed by atoms with van der Waals surface area (Å²) >= 11 is 1.18. The van der Waals surface area contributed by atoms with Crippen molar-refractivity contribution in [2.75, 3.05) is 5.32 Å². The molecule has 2 rings (SSSR count). The first kappa shape index (κ1) is 15.1. The van der Waals surface area contributed by atoms with Gasteiger partial charge >= 0.3 is 0 Å². The van der Waals surface area contributed by atoms with Crippen LogP contribution in [-0.4, -0.2) is 16.8 Å². The third kappa shape index (κ3) is 4.09. The average Bonchev–Trinajstić information content (AvgIpc) is 2.87. The number of hydrogen-bond donors (Lipinski definition) is 2. The molecule has 7 heteroatoms. The van der Waals surface area contributed by atoms with Gasteiger partial charge in [-0.2, -0.15) is 0 Å². The third-order valence-corrected chi connectivity index (χ3v) is 3.50. The number of nitrogens with one attached hydrogen (secondary N) is 2. The molecule has 2 amide bonds. The summed E-state index contributed by atoms with van der Waals surface area (Å²) in [5.74, 6) is -0.910. The summed E-state index contributed by atoms with van der Waals surface area (Å²) in [6.07, 6.45) is 0. The van der Waals surface area contributed by atoms with Crippen molar-refractivity contribution in [2.24, 2.45) is 0 Å². The van der Waals surface area contributed by atoms with E-state index in [0.29, 0.717) is 5.13 Å². The van der Waals surface area contributed by atoms with Crippen molar-refractivity contribution in [1.29, 1.82) is 0 Å². The van der Waals surface area contributed by atoms with Crippen molar-refractivity contribution in [3.05, 3.63) is 46.7 Å². The molecule has 1 heterocycles. The number of thiazole rings is 1. The van der Waals surface area contributed by atoms with E-state index in [-0.39, 0.29) is 29.4 Å². The summed E-state index contributed by atoms with van der Waals surface area (Å²) in [5, 5.41) is 7.23. The molecule has 21 heavy (non-hydrogen) atoms. The second-order valence-electron chi connectivity index (χ2n) is 4.47. The van der Waals surface area contributed by atoms with Gasteiger partial charge in [0.25, 0.3) is 5.91 Å². The molecule has 0 unspecified atom stereocenters. The molecule has 0 saturated heterocycles. The molecule has 0 aliphatic carbocycles. The highest BCUT2D eigenvalue weighted by atomic mass is 32.1. The molecule has 0 aliphatic heterocycles. The van der Waals surface area contributed by atoms with E-state index < -0.39 is 0 Å². The normalized spacial score (nSPS) is 11.8. The van der Waals surface area contributed by atoms with Crippen LogP contribution >= 0.6 is 11.3 Å². The number of nitrogens with zero attached hydrogens (tertiary/aromatic N) is 1. The number of amides is 2. The fourth-order valence-corrected chi connectivity index (χ4v) is 2.43. The fourth-order valence-electron chi connectivity index (χ4n) is 1.69. The Bertz CT molecular complexity index is 654. The minimum absolute atomic E-state index is 0.234. The van der Waals surface area contributed by atoms with Crippen LogP contribution in [0.3, 0.4) is 0 Å². The van der Waals surface area contributed by atoms with E-state index in [2.05, 4.69) is 15.6 Å². The lowest BCUT2D eigenvalue weighted by Gasteiger charge is -2.13. The Morgan fingerprint density at radius 1 is 1.29 bits per heavy atom. The number of carbonyl (C=O) groups is 2. The maximum atomic E-state index is 12.9. The van der Waals surface area contributed by atoms with Gasteiger partial charge in [0, 0.05) is 12.3 Å². The summed E-state index contributed by atoms with van der Waals surface area (Å²) in [6.45, 7) is 3.17. The highest BCUT2D eigenvalue weighted by molar-refractivity contribution is 7.14. The highest BCUT2D eigenvalue weighted by Gasteiger charge is 2.15. The number of benzene rings is 1. The number of halogens is 1. The van der Waals surface area contributed by atoms with Crippen molar-refractivity contribution in [3.8, 4) is 0 Å². The van der Waals surface area contributed by atoms with E-state index in [1.165, 1.54) is 30.4 Å². The monoisotopic (exact) mass is 307 g/mol. The smallest absolute Gasteiger partial charge is 0.271 e. The maximum absolute atomic E-state index is 12.9. The Balaban J connectivity index is 2.02. The van der Waals surface area contributed by atoms with Crippen molar-refractivity contribution in [1.82, 2.24) is 10.3 Å². The molecule has 1 atom stereocenters. The first-order chi connectivity index (χ1) is 9.95. The maximum Gasteiger partial charge on any atom is 0.271 e. The lowest BCUT2D eigenvalue weighted by Crippen LogP contribution is -2.27. The number of aromatic nitrogens is 1. The van der Waals surface area contributed by atoms with Crippen LogP contribution < -0.4 is 10.6 Å². The highest BCUT2D eigenvalue weighted by Crippen LogP contribution is 2.17. The zero-order valence-electron chi connectivity index (χ0n) is 11.5. The average molecular weight is 307 g/mol. The largest absolute Gasteiger partial charge is 0.344 e. The minimum atomic E-state index is -0.348. The molecule has 1 aromatic heterocycles. The molecule has 110 valence electrons. The van der Waals surface area contributed by atoms with Gasteiger partial charge in [0.1, 0.15) is 11.5 Å². The SMILES string of the molecule is CC(=O)Nc1nc(C(=O)N[C@H](C)c2ccc(F)cc2)cs1. The van der Waals surface area contributed by atoms with Crippen molar-refractivity contribution >= 4 is 28.3 Å². The quantitative estimate of drug-likeness (QED) is 0.912. The van der Waals surface area contributed by atoms with Crippen LogP contribution in [0.5, 0.6) is 0 Å². The summed E-state index contributed by atoms with van der Waals surface area (Å²) in [4.78, 5) is 27.0. The molecule has 0 radical (unpaired) electrons. The lowest BCUT2D eigenvalue weighted by molar-refractivity contribution is -0.114. The van der Waals surface area contributed by atoms with Gasteiger partial charge in [0.2, 0.25) is 5.91 Å². The molecular weight excluding hydrogens is 293 g/mol. The molecule has 2 N–H and O–H groups in total. The summed E-state index contributed by atoms with van der Waals surface area (Å²) in [7, 11) is 0. The van der Waals surface area contributed by atoms with Gasteiger partial charge in [-0.25, -0.2) is 9.37 Å². The van der Waals surface area contributed by atoms with E-state index in [1.54, 1.807) is 24.4 Å². The Labute approximate surface area is 125 Å². The van der Waals surface area contributed by atoms with Crippen LogP contribution in [0.25, 0.3) is 0 Å². The second-order valence-corrected chi connectivity index (χ2v) is 5.32. The molecule has 0 spiro atoms. The molecule has 2 aromatic rings. The summed E-state index contributed by atoms with van der Waals surface area (Å²) in [6, 6.07) is 5.64. The molecule has 0 aliphatic rings. The topological polar surface area (TPSA) is 71.1 Å². The predicted octanol–water partition coefficient (Wildman–Crippen LogP) is 2.73. The standard InChI is InChI=1S/C14H14FN3O2S/c1-8(10-3-5-11(15)6-4-10)16-13(20)12-7-21-14(18-12)17-9(2)19/h3-8H,1-2H3,(H,16,20)(H,17,18,19)/t8-/m1/s1. The van der Waals surface area contributed by atoms with Gasteiger partial charge in [-0.1, -0.05) is 12.1 Å². The molecule has 1 aromatic carbocycles. The van der Waals surface area contributed by atoms with Gasteiger partial charge in [-0.3, -0.25) is 9.59 Å². The van der Waals surface area contributed by atoms with E-state index in [4.69, 9.17) is 0 Å². The molecule has 0 bridgehead atoms. The van der Waals surface area contributed by atoms with E-state index in [0.717, 1.165) is 5.56 Å². The van der Waals surface area contributed by atoms with Crippen LogP contribution in [0.1, 0.15) is 35.9 Å². The van der Waals surface area contributed by atoms with Gasteiger partial charge < -0.3 is 10.6 Å². The summed E-state index contributed by atoms with van der Waals surface area (Å²) < 4.78 is 12.9. The zero-order valence-corrected chi connectivity index (χ0v) is 12.3. The van der Waals surface area contributed by atoms with Gasteiger partial charge in [-0.15, -0.1) is 11.3 Å². The first-order valence-electron chi connectivity index (χ1n) is 6.25. The van der Waals surface area contributed by atoms with E-state index >= 15 is 0 Å². The van der Waals surface area contributed by atoms with Crippen LogP contribution in [0, 0.1) is 5.82 Å². The van der Waals surface area contributed by atoms with Crippen molar-refractivity contribution in [2.45, 2.75) is 19.9 Å². The molecule has 0 saturated carbocycles. The van der Waals surface area contributed by atoms with Crippen molar-refractivity contribution in [3.63, 3.8) is 0 Å². The van der Waals surface area contributed by atoms with Crippen LogP contribution in [0.15, 0.2) is 29.6 Å². The predicted molar refractivity (Wildman–Crippen MR) is 78.7 cm³/mol. The summed E-state index contributed by atoms with van der Waals surface area (Å²) in [5.41, 5.74) is 1.03. The lowest BCUT2D eigenvalue weighted by atomic mass is 10.1.